The number of alkyl halides is 1. The molecule has 2 saturated carbocycles. The Labute approximate surface area is 116 Å². The lowest BCUT2D eigenvalue weighted by atomic mass is 10.1. The van der Waals surface area contributed by atoms with E-state index in [-0.39, 0.29) is 5.91 Å². The summed E-state index contributed by atoms with van der Waals surface area (Å²) >= 11 is 3.43. The van der Waals surface area contributed by atoms with Crippen LogP contribution in [-0.4, -0.2) is 23.4 Å². The fourth-order valence-electron chi connectivity index (χ4n) is 2.26. The second-order valence-electron chi connectivity index (χ2n) is 5.46. The van der Waals surface area contributed by atoms with Gasteiger partial charge in [-0.3, -0.25) is 4.79 Å². The molecule has 2 aliphatic rings. The van der Waals surface area contributed by atoms with Gasteiger partial charge in [0.1, 0.15) is 0 Å². The molecule has 0 saturated heterocycles. The number of nitrogens with zero attached hydrogens (tertiary/aromatic N) is 1. The zero-order chi connectivity index (χ0) is 12.5. The predicted molar refractivity (Wildman–Crippen MR) is 75.9 cm³/mol. The Hall–Kier alpha value is -0.830. The molecule has 2 aliphatic carbocycles. The lowest BCUT2D eigenvalue weighted by Gasteiger charge is -2.22. The Morgan fingerprint density at radius 3 is 2.33 bits per heavy atom. The highest BCUT2D eigenvalue weighted by Crippen LogP contribution is 2.35. The minimum absolute atomic E-state index is 0.227. The molecular formula is C15H18BrNO. The molecule has 96 valence electrons. The van der Waals surface area contributed by atoms with Crippen LogP contribution in [0.1, 0.15) is 41.6 Å². The van der Waals surface area contributed by atoms with Crippen LogP contribution >= 0.6 is 15.9 Å². The van der Waals surface area contributed by atoms with Crippen molar-refractivity contribution >= 4 is 21.8 Å². The van der Waals surface area contributed by atoms with Crippen molar-refractivity contribution in [2.24, 2.45) is 5.92 Å². The van der Waals surface area contributed by atoms with Crippen molar-refractivity contribution in [3.63, 3.8) is 0 Å². The van der Waals surface area contributed by atoms with Gasteiger partial charge in [-0.2, -0.15) is 0 Å². The monoisotopic (exact) mass is 307 g/mol. The van der Waals surface area contributed by atoms with Gasteiger partial charge in [0, 0.05) is 23.5 Å². The Morgan fingerprint density at radius 2 is 1.83 bits per heavy atom. The molecule has 1 amide bonds. The van der Waals surface area contributed by atoms with Crippen LogP contribution in [0.15, 0.2) is 24.3 Å². The third kappa shape index (κ3) is 2.77. The van der Waals surface area contributed by atoms with E-state index in [2.05, 4.69) is 20.8 Å². The summed E-state index contributed by atoms with van der Waals surface area (Å²) in [4.78, 5) is 14.6. The smallest absolute Gasteiger partial charge is 0.254 e. The maximum Gasteiger partial charge on any atom is 0.254 e. The van der Waals surface area contributed by atoms with Gasteiger partial charge in [0.25, 0.3) is 5.91 Å². The van der Waals surface area contributed by atoms with E-state index in [0.29, 0.717) is 6.04 Å². The van der Waals surface area contributed by atoms with Crippen LogP contribution in [0.2, 0.25) is 0 Å². The molecule has 0 aliphatic heterocycles. The highest BCUT2D eigenvalue weighted by atomic mass is 79.9. The summed E-state index contributed by atoms with van der Waals surface area (Å²) < 4.78 is 0. The molecule has 1 aromatic carbocycles. The highest BCUT2D eigenvalue weighted by Gasteiger charge is 2.36. The van der Waals surface area contributed by atoms with E-state index >= 15 is 0 Å². The number of benzene rings is 1. The molecule has 2 fully saturated rings. The van der Waals surface area contributed by atoms with Gasteiger partial charge in [0.2, 0.25) is 0 Å². The van der Waals surface area contributed by atoms with Crippen molar-refractivity contribution in [2.75, 3.05) is 6.54 Å². The van der Waals surface area contributed by atoms with Gasteiger partial charge in [0.05, 0.1) is 0 Å². The van der Waals surface area contributed by atoms with E-state index in [1.165, 1.54) is 31.2 Å². The fraction of sp³-hybridized carbons (Fsp3) is 0.533. The van der Waals surface area contributed by atoms with Gasteiger partial charge in [-0.05, 0) is 49.3 Å². The van der Waals surface area contributed by atoms with E-state index in [4.69, 9.17) is 0 Å². The van der Waals surface area contributed by atoms with Crippen LogP contribution in [0.5, 0.6) is 0 Å². The summed E-state index contributed by atoms with van der Waals surface area (Å²) in [5.74, 6) is 1.00. The van der Waals surface area contributed by atoms with Gasteiger partial charge in [-0.25, -0.2) is 0 Å². The van der Waals surface area contributed by atoms with Crippen LogP contribution in [0.4, 0.5) is 0 Å². The predicted octanol–water partition coefficient (Wildman–Crippen LogP) is 3.60. The molecule has 0 radical (unpaired) electrons. The Bertz CT molecular complexity index is 434. The molecule has 0 N–H and O–H groups in total. The normalized spacial score (nSPS) is 18.7. The van der Waals surface area contributed by atoms with E-state index in [0.717, 1.165) is 23.4 Å². The van der Waals surface area contributed by atoms with Crippen molar-refractivity contribution in [2.45, 2.75) is 37.1 Å². The average molecular weight is 308 g/mol. The number of hydrogen-bond acceptors (Lipinski definition) is 1. The quantitative estimate of drug-likeness (QED) is 0.761. The van der Waals surface area contributed by atoms with E-state index in [1.54, 1.807) is 0 Å². The van der Waals surface area contributed by atoms with Crippen LogP contribution in [0.3, 0.4) is 0 Å². The number of carbonyl (C=O) groups excluding carboxylic acids is 1. The largest absolute Gasteiger partial charge is 0.335 e. The highest BCUT2D eigenvalue weighted by molar-refractivity contribution is 9.08. The Kier molecular flexibility index (Phi) is 3.42. The molecular weight excluding hydrogens is 290 g/mol. The third-order valence-electron chi connectivity index (χ3n) is 3.76. The fourth-order valence-corrected chi connectivity index (χ4v) is 2.64. The summed E-state index contributed by atoms with van der Waals surface area (Å²) in [5.41, 5.74) is 2.05. The summed E-state index contributed by atoms with van der Waals surface area (Å²) in [6, 6.07) is 8.51. The topological polar surface area (TPSA) is 20.3 Å². The maximum absolute atomic E-state index is 12.5. The van der Waals surface area contributed by atoms with Gasteiger partial charge in [-0.1, -0.05) is 28.1 Å². The number of rotatable bonds is 5. The molecule has 0 unspecified atom stereocenters. The first-order valence-electron chi connectivity index (χ1n) is 6.74. The molecule has 2 nitrogen and oxygen atoms in total. The molecule has 0 spiro atoms. The first-order valence-corrected chi connectivity index (χ1v) is 7.86. The average Bonchev–Trinajstić information content (AvgIpc) is 3.28. The number of carbonyl (C=O) groups is 1. The van der Waals surface area contributed by atoms with Crippen molar-refractivity contribution < 1.29 is 4.79 Å². The minimum Gasteiger partial charge on any atom is -0.335 e. The molecule has 3 rings (SSSR count). The molecule has 0 atom stereocenters. The Balaban J connectivity index is 1.73. The second-order valence-corrected chi connectivity index (χ2v) is 6.02. The number of halogens is 1. The molecule has 1 aromatic rings. The Morgan fingerprint density at radius 1 is 1.17 bits per heavy atom. The lowest BCUT2D eigenvalue weighted by Crippen LogP contribution is -2.34. The van der Waals surface area contributed by atoms with Crippen LogP contribution in [0.25, 0.3) is 0 Å². The number of amides is 1. The van der Waals surface area contributed by atoms with Crippen molar-refractivity contribution in [1.82, 2.24) is 4.90 Å². The van der Waals surface area contributed by atoms with Crippen LogP contribution < -0.4 is 0 Å². The maximum atomic E-state index is 12.5. The first kappa shape index (κ1) is 12.2. The molecule has 3 heteroatoms. The van der Waals surface area contributed by atoms with E-state index in [9.17, 15) is 4.79 Å². The summed E-state index contributed by atoms with van der Waals surface area (Å²) in [6.07, 6.45) is 4.99. The minimum atomic E-state index is 0.227. The summed E-state index contributed by atoms with van der Waals surface area (Å²) in [7, 11) is 0. The van der Waals surface area contributed by atoms with Gasteiger partial charge < -0.3 is 4.90 Å². The molecule has 18 heavy (non-hydrogen) atoms. The lowest BCUT2D eigenvalue weighted by molar-refractivity contribution is 0.0735. The van der Waals surface area contributed by atoms with Crippen LogP contribution in [-0.2, 0) is 5.33 Å². The first-order chi connectivity index (χ1) is 8.78. The molecule has 0 bridgehead atoms. The van der Waals surface area contributed by atoms with Crippen molar-refractivity contribution in [3.8, 4) is 0 Å². The van der Waals surface area contributed by atoms with Crippen LogP contribution in [0, 0.1) is 5.92 Å². The van der Waals surface area contributed by atoms with E-state index < -0.39 is 0 Å². The second kappa shape index (κ2) is 5.04. The SMILES string of the molecule is O=C(c1ccc(CBr)cc1)N(CC1CC1)C1CC1. The summed E-state index contributed by atoms with van der Waals surface area (Å²) in [5, 5.41) is 0.843. The third-order valence-corrected chi connectivity index (χ3v) is 4.40. The molecule has 0 aromatic heterocycles. The van der Waals surface area contributed by atoms with Crippen molar-refractivity contribution in [3.05, 3.63) is 35.4 Å². The standard InChI is InChI=1S/C15H18BrNO/c16-9-11-3-5-13(6-4-11)15(18)17(14-7-8-14)10-12-1-2-12/h3-6,12,14H,1-2,7-10H2. The summed E-state index contributed by atoms with van der Waals surface area (Å²) in [6.45, 7) is 0.976. The molecule has 0 heterocycles. The van der Waals surface area contributed by atoms with Gasteiger partial charge in [0.15, 0.2) is 0 Å². The zero-order valence-electron chi connectivity index (χ0n) is 10.4. The number of hydrogen-bond donors (Lipinski definition) is 0. The van der Waals surface area contributed by atoms with Gasteiger partial charge >= 0.3 is 0 Å². The van der Waals surface area contributed by atoms with Gasteiger partial charge in [-0.15, -0.1) is 0 Å². The van der Waals surface area contributed by atoms with E-state index in [1.807, 2.05) is 24.3 Å². The zero-order valence-corrected chi connectivity index (χ0v) is 12.0. The van der Waals surface area contributed by atoms with Crippen molar-refractivity contribution in [1.29, 1.82) is 0 Å².